The van der Waals surface area contributed by atoms with E-state index in [2.05, 4.69) is 39.3 Å². The van der Waals surface area contributed by atoms with Crippen molar-refractivity contribution in [1.82, 2.24) is 15.0 Å². The molecule has 1 aromatic carbocycles. The van der Waals surface area contributed by atoms with Crippen LogP contribution in [0.1, 0.15) is 25.8 Å². The smallest absolute Gasteiger partial charge is 0.321 e. The molecule has 0 amide bonds. The van der Waals surface area contributed by atoms with Gasteiger partial charge in [-0.15, -0.1) is 0 Å². The van der Waals surface area contributed by atoms with Crippen molar-refractivity contribution in [2.75, 3.05) is 19.0 Å². The summed E-state index contributed by atoms with van der Waals surface area (Å²) in [7, 11) is 1.55. The van der Waals surface area contributed by atoms with Crippen molar-refractivity contribution in [2.45, 2.75) is 26.7 Å². The number of hydrogen-bond acceptors (Lipinski definition) is 5. The molecule has 2 aromatic rings. The van der Waals surface area contributed by atoms with Gasteiger partial charge in [0.25, 0.3) is 0 Å². The maximum atomic E-state index is 5.12. The monoisotopic (exact) mass is 272 g/mol. The Morgan fingerprint density at radius 2 is 1.80 bits per heavy atom. The van der Waals surface area contributed by atoms with Gasteiger partial charge in [-0.2, -0.15) is 15.0 Å². The van der Waals surface area contributed by atoms with Gasteiger partial charge in [0.2, 0.25) is 5.95 Å². The Bertz CT molecular complexity index is 554. The Morgan fingerprint density at radius 3 is 2.40 bits per heavy atom. The average molecular weight is 272 g/mol. The van der Waals surface area contributed by atoms with Crippen LogP contribution in [0.3, 0.4) is 0 Å². The third-order valence-corrected chi connectivity index (χ3v) is 2.88. The van der Waals surface area contributed by atoms with Gasteiger partial charge in [-0.1, -0.05) is 37.6 Å². The number of hydrogen-bond donors (Lipinski definition) is 1. The number of nitrogens with zero attached hydrogens (tertiary/aromatic N) is 3. The van der Waals surface area contributed by atoms with Crippen LogP contribution in [0.15, 0.2) is 24.3 Å². The highest BCUT2D eigenvalue weighted by atomic mass is 16.5. The SMILES string of the molecule is CCCc1ccc(-c2nc(NCC)nc(OC)n2)cc1. The molecule has 106 valence electrons. The first kappa shape index (κ1) is 14.2. The number of benzene rings is 1. The molecule has 0 bridgehead atoms. The second-order valence-corrected chi connectivity index (χ2v) is 4.45. The van der Waals surface area contributed by atoms with Crippen molar-refractivity contribution < 1.29 is 4.74 Å². The van der Waals surface area contributed by atoms with E-state index in [9.17, 15) is 0 Å². The van der Waals surface area contributed by atoms with E-state index in [1.165, 1.54) is 5.56 Å². The fourth-order valence-electron chi connectivity index (χ4n) is 1.92. The molecular formula is C15H20N4O. The maximum absolute atomic E-state index is 5.12. The topological polar surface area (TPSA) is 59.9 Å². The molecule has 20 heavy (non-hydrogen) atoms. The van der Waals surface area contributed by atoms with E-state index in [-0.39, 0.29) is 0 Å². The zero-order valence-electron chi connectivity index (χ0n) is 12.2. The third-order valence-electron chi connectivity index (χ3n) is 2.88. The van der Waals surface area contributed by atoms with E-state index in [1.807, 2.05) is 19.1 Å². The molecule has 0 fully saturated rings. The van der Waals surface area contributed by atoms with E-state index < -0.39 is 0 Å². The van der Waals surface area contributed by atoms with Gasteiger partial charge in [0, 0.05) is 12.1 Å². The average Bonchev–Trinajstić information content (AvgIpc) is 2.48. The lowest BCUT2D eigenvalue weighted by atomic mass is 10.1. The van der Waals surface area contributed by atoms with E-state index in [4.69, 9.17) is 4.74 Å². The number of nitrogens with one attached hydrogen (secondary N) is 1. The first-order chi connectivity index (χ1) is 9.76. The third kappa shape index (κ3) is 3.44. The molecule has 0 aliphatic carbocycles. The minimum atomic E-state index is 0.323. The highest BCUT2D eigenvalue weighted by molar-refractivity contribution is 5.57. The molecule has 1 heterocycles. The van der Waals surface area contributed by atoms with Crippen LogP contribution in [0.25, 0.3) is 11.4 Å². The summed E-state index contributed by atoms with van der Waals surface area (Å²) in [6, 6.07) is 8.62. The highest BCUT2D eigenvalue weighted by Gasteiger charge is 2.08. The number of anilines is 1. The Balaban J connectivity index is 2.32. The van der Waals surface area contributed by atoms with Crippen LogP contribution in [0.4, 0.5) is 5.95 Å². The molecule has 0 aliphatic rings. The van der Waals surface area contributed by atoms with E-state index >= 15 is 0 Å². The lowest BCUT2D eigenvalue weighted by Gasteiger charge is -2.07. The lowest BCUT2D eigenvalue weighted by Crippen LogP contribution is -2.06. The van der Waals surface area contributed by atoms with Crippen molar-refractivity contribution in [3.05, 3.63) is 29.8 Å². The molecule has 0 saturated carbocycles. The summed E-state index contributed by atoms with van der Waals surface area (Å²) in [5, 5.41) is 3.08. The molecule has 0 unspecified atom stereocenters. The maximum Gasteiger partial charge on any atom is 0.321 e. The van der Waals surface area contributed by atoms with Gasteiger partial charge in [-0.05, 0) is 18.9 Å². The van der Waals surface area contributed by atoms with E-state index in [0.29, 0.717) is 17.8 Å². The Morgan fingerprint density at radius 1 is 1.05 bits per heavy atom. The van der Waals surface area contributed by atoms with Gasteiger partial charge >= 0.3 is 6.01 Å². The number of aromatic nitrogens is 3. The minimum Gasteiger partial charge on any atom is -0.467 e. The first-order valence-electron chi connectivity index (χ1n) is 6.90. The van der Waals surface area contributed by atoms with Crippen molar-refractivity contribution >= 4 is 5.95 Å². The zero-order valence-corrected chi connectivity index (χ0v) is 12.2. The van der Waals surface area contributed by atoms with Gasteiger partial charge in [0.05, 0.1) is 7.11 Å². The molecule has 0 atom stereocenters. The van der Waals surface area contributed by atoms with Gasteiger partial charge in [-0.3, -0.25) is 0 Å². The van der Waals surface area contributed by atoms with Crippen LogP contribution in [-0.2, 0) is 6.42 Å². The Hall–Kier alpha value is -2.17. The van der Waals surface area contributed by atoms with E-state index in [0.717, 1.165) is 24.9 Å². The number of ether oxygens (including phenoxy) is 1. The molecular weight excluding hydrogens is 252 g/mol. The van der Waals surface area contributed by atoms with Crippen LogP contribution in [-0.4, -0.2) is 28.6 Å². The molecule has 0 spiro atoms. The molecule has 0 aliphatic heterocycles. The standard InChI is InChI=1S/C15H20N4O/c1-4-6-11-7-9-12(10-8-11)13-17-14(16-5-2)19-15(18-13)20-3/h7-10H,4-6H2,1-3H3,(H,16,17,18,19). The Kier molecular flexibility index (Phi) is 4.87. The molecule has 1 aromatic heterocycles. The summed E-state index contributed by atoms with van der Waals surface area (Å²) in [6.07, 6.45) is 2.23. The Labute approximate surface area is 119 Å². The van der Waals surface area contributed by atoms with Gasteiger partial charge in [0.15, 0.2) is 5.82 Å². The van der Waals surface area contributed by atoms with Crippen molar-refractivity contribution in [2.24, 2.45) is 0 Å². The summed E-state index contributed by atoms with van der Waals surface area (Å²) in [5.41, 5.74) is 2.29. The summed E-state index contributed by atoms with van der Waals surface area (Å²) in [4.78, 5) is 12.9. The fraction of sp³-hybridized carbons (Fsp3) is 0.400. The van der Waals surface area contributed by atoms with Crippen LogP contribution in [0.2, 0.25) is 0 Å². The number of aryl methyl sites for hydroxylation is 1. The second kappa shape index (κ2) is 6.84. The van der Waals surface area contributed by atoms with Crippen molar-refractivity contribution in [3.8, 4) is 17.4 Å². The molecule has 5 heteroatoms. The molecule has 5 nitrogen and oxygen atoms in total. The largest absolute Gasteiger partial charge is 0.467 e. The zero-order chi connectivity index (χ0) is 14.4. The van der Waals surface area contributed by atoms with Crippen LogP contribution >= 0.6 is 0 Å². The summed E-state index contributed by atoms with van der Waals surface area (Å²) < 4.78 is 5.12. The van der Waals surface area contributed by atoms with Crippen LogP contribution in [0, 0.1) is 0 Å². The minimum absolute atomic E-state index is 0.323. The number of rotatable bonds is 6. The highest BCUT2D eigenvalue weighted by Crippen LogP contribution is 2.19. The van der Waals surface area contributed by atoms with Gasteiger partial charge < -0.3 is 10.1 Å². The summed E-state index contributed by atoms with van der Waals surface area (Å²) in [6.45, 7) is 4.92. The predicted octanol–water partition coefficient (Wildman–Crippen LogP) is 2.93. The summed E-state index contributed by atoms with van der Waals surface area (Å²) in [5.74, 6) is 1.16. The van der Waals surface area contributed by atoms with Crippen LogP contribution < -0.4 is 10.1 Å². The lowest BCUT2D eigenvalue weighted by molar-refractivity contribution is 0.379. The molecule has 0 radical (unpaired) electrons. The first-order valence-corrected chi connectivity index (χ1v) is 6.90. The molecule has 1 N–H and O–H groups in total. The van der Waals surface area contributed by atoms with Gasteiger partial charge in [-0.25, -0.2) is 0 Å². The second-order valence-electron chi connectivity index (χ2n) is 4.45. The summed E-state index contributed by atoms with van der Waals surface area (Å²) >= 11 is 0. The molecule has 2 rings (SSSR count). The normalized spacial score (nSPS) is 10.3. The van der Waals surface area contributed by atoms with Crippen LogP contribution in [0.5, 0.6) is 6.01 Å². The predicted molar refractivity (Wildman–Crippen MR) is 80.0 cm³/mol. The fourth-order valence-corrected chi connectivity index (χ4v) is 1.92. The number of methoxy groups -OCH3 is 1. The van der Waals surface area contributed by atoms with E-state index in [1.54, 1.807) is 7.11 Å². The molecule has 0 saturated heterocycles. The van der Waals surface area contributed by atoms with Crippen molar-refractivity contribution in [1.29, 1.82) is 0 Å². The van der Waals surface area contributed by atoms with Crippen molar-refractivity contribution in [3.63, 3.8) is 0 Å². The quantitative estimate of drug-likeness (QED) is 0.876. The van der Waals surface area contributed by atoms with Gasteiger partial charge in [0.1, 0.15) is 0 Å².